The number of halogens is 1. The highest BCUT2D eigenvalue weighted by Crippen LogP contribution is 2.28. The van der Waals surface area contributed by atoms with E-state index in [4.69, 9.17) is 10.6 Å². The normalized spacial score (nSPS) is 11.3. The molecule has 0 amide bonds. The Morgan fingerprint density at radius 2 is 1.90 bits per heavy atom. The number of aryl methyl sites for hydroxylation is 1. The van der Waals surface area contributed by atoms with Gasteiger partial charge in [0, 0.05) is 17.5 Å². The minimum Gasteiger partial charge on any atom is -0.438 e. The minimum absolute atomic E-state index is 0.262. The van der Waals surface area contributed by atoms with Crippen molar-refractivity contribution in [1.29, 1.82) is 0 Å². The van der Waals surface area contributed by atoms with Crippen molar-refractivity contribution in [2.75, 3.05) is 5.43 Å². The lowest BCUT2D eigenvalue weighted by molar-refractivity contribution is 0.440. The van der Waals surface area contributed by atoms with Crippen LogP contribution in [0, 0.1) is 12.7 Å². The number of nitrogens with one attached hydrogen (secondary N) is 1. The number of hydrazine groups is 1. The van der Waals surface area contributed by atoms with Crippen LogP contribution < -0.4 is 16.0 Å². The van der Waals surface area contributed by atoms with Crippen molar-refractivity contribution < 1.29 is 9.13 Å². The van der Waals surface area contributed by atoms with Gasteiger partial charge in [-0.05, 0) is 18.6 Å². The number of hydrogen-bond acceptors (Lipinski definition) is 5. The fraction of sp³-hybridized carbons (Fsp3) is 0.333. The summed E-state index contributed by atoms with van der Waals surface area (Å²) in [6.07, 6.45) is 0. The fourth-order valence-corrected chi connectivity index (χ4v) is 1.68. The third-order valence-electron chi connectivity index (χ3n) is 2.89. The summed E-state index contributed by atoms with van der Waals surface area (Å²) >= 11 is 0. The van der Waals surface area contributed by atoms with Gasteiger partial charge in [-0.3, -0.25) is 0 Å². The second kappa shape index (κ2) is 5.65. The van der Waals surface area contributed by atoms with Gasteiger partial charge in [-0.15, -0.1) is 0 Å². The van der Waals surface area contributed by atoms with Gasteiger partial charge in [0.05, 0.1) is 0 Å². The molecule has 112 valence electrons. The molecule has 0 unspecified atom stereocenters. The molecule has 0 atom stereocenters. The SMILES string of the molecule is Cc1ccc(F)cc1Oc1cc(NN)nc(C(C)(C)C)n1. The van der Waals surface area contributed by atoms with Crippen molar-refractivity contribution >= 4 is 5.82 Å². The lowest BCUT2D eigenvalue weighted by atomic mass is 9.96. The van der Waals surface area contributed by atoms with Crippen LogP contribution in [0.3, 0.4) is 0 Å². The van der Waals surface area contributed by atoms with E-state index in [0.717, 1.165) is 5.56 Å². The average molecular weight is 290 g/mol. The molecule has 2 aromatic rings. The summed E-state index contributed by atoms with van der Waals surface area (Å²) in [5.74, 6) is 6.82. The van der Waals surface area contributed by atoms with Gasteiger partial charge in [0.25, 0.3) is 0 Å². The number of nitrogen functional groups attached to an aromatic ring is 1. The predicted octanol–water partition coefficient (Wildman–Crippen LogP) is 3.30. The maximum atomic E-state index is 13.3. The molecule has 21 heavy (non-hydrogen) atoms. The third-order valence-corrected chi connectivity index (χ3v) is 2.89. The highest BCUT2D eigenvalue weighted by molar-refractivity contribution is 5.41. The Labute approximate surface area is 123 Å². The molecule has 0 saturated heterocycles. The molecule has 0 aliphatic rings. The van der Waals surface area contributed by atoms with Gasteiger partial charge in [0.15, 0.2) is 0 Å². The molecule has 0 bridgehead atoms. The van der Waals surface area contributed by atoms with E-state index in [1.165, 1.54) is 12.1 Å². The van der Waals surface area contributed by atoms with Crippen LogP contribution in [-0.4, -0.2) is 9.97 Å². The molecule has 3 N–H and O–H groups in total. The monoisotopic (exact) mass is 290 g/mol. The fourth-order valence-electron chi connectivity index (χ4n) is 1.68. The molecule has 6 heteroatoms. The first-order chi connectivity index (χ1) is 9.79. The van der Waals surface area contributed by atoms with E-state index in [1.807, 2.05) is 27.7 Å². The minimum atomic E-state index is -0.363. The molecule has 1 aromatic carbocycles. The van der Waals surface area contributed by atoms with Crippen LogP contribution in [0.25, 0.3) is 0 Å². The Morgan fingerprint density at radius 1 is 1.19 bits per heavy atom. The average Bonchev–Trinajstić information content (AvgIpc) is 2.41. The molecular weight excluding hydrogens is 271 g/mol. The predicted molar refractivity (Wildman–Crippen MR) is 79.8 cm³/mol. The molecule has 0 fully saturated rings. The van der Waals surface area contributed by atoms with Gasteiger partial charge in [-0.1, -0.05) is 26.8 Å². The van der Waals surface area contributed by atoms with E-state index in [0.29, 0.717) is 23.3 Å². The highest BCUT2D eigenvalue weighted by atomic mass is 19.1. The first-order valence-electron chi connectivity index (χ1n) is 6.60. The lowest BCUT2D eigenvalue weighted by Crippen LogP contribution is -2.19. The molecule has 2 rings (SSSR count). The first-order valence-corrected chi connectivity index (χ1v) is 6.60. The van der Waals surface area contributed by atoms with Crippen LogP contribution in [0.2, 0.25) is 0 Å². The summed E-state index contributed by atoms with van der Waals surface area (Å²) in [4.78, 5) is 8.67. The number of aromatic nitrogens is 2. The van der Waals surface area contributed by atoms with Crippen molar-refractivity contribution in [2.24, 2.45) is 5.84 Å². The summed E-state index contributed by atoms with van der Waals surface area (Å²) in [6.45, 7) is 7.79. The Balaban J connectivity index is 2.42. The first kappa shape index (κ1) is 15.2. The standard InChI is InChI=1S/C15H19FN4O/c1-9-5-6-10(16)7-11(9)21-13-8-12(20-17)18-14(19-13)15(2,3)4/h5-8H,17H2,1-4H3,(H,18,19,20). The quantitative estimate of drug-likeness (QED) is 0.670. The van der Waals surface area contributed by atoms with Crippen molar-refractivity contribution in [3.63, 3.8) is 0 Å². The number of nitrogens with zero attached hydrogens (tertiary/aromatic N) is 2. The van der Waals surface area contributed by atoms with Gasteiger partial charge in [-0.25, -0.2) is 15.2 Å². The van der Waals surface area contributed by atoms with Gasteiger partial charge in [0.2, 0.25) is 5.88 Å². The molecule has 0 saturated carbocycles. The molecule has 0 aliphatic heterocycles. The van der Waals surface area contributed by atoms with Crippen LogP contribution in [0.5, 0.6) is 11.6 Å². The number of benzene rings is 1. The maximum Gasteiger partial charge on any atom is 0.224 e. The summed E-state index contributed by atoms with van der Waals surface area (Å²) in [5, 5.41) is 0. The lowest BCUT2D eigenvalue weighted by Gasteiger charge is -2.18. The number of nitrogens with two attached hydrogens (primary N) is 1. The molecule has 5 nitrogen and oxygen atoms in total. The van der Waals surface area contributed by atoms with E-state index in [2.05, 4.69) is 15.4 Å². The number of anilines is 1. The van der Waals surface area contributed by atoms with E-state index >= 15 is 0 Å². The van der Waals surface area contributed by atoms with Crippen molar-refractivity contribution in [3.05, 3.63) is 41.5 Å². The van der Waals surface area contributed by atoms with Crippen molar-refractivity contribution in [2.45, 2.75) is 33.1 Å². The topological polar surface area (TPSA) is 73.1 Å². The van der Waals surface area contributed by atoms with E-state index < -0.39 is 0 Å². The molecule has 1 heterocycles. The van der Waals surface area contributed by atoms with Gasteiger partial charge < -0.3 is 10.2 Å². The Kier molecular flexibility index (Phi) is 4.09. The van der Waals surface area contributed by atoms with Gasteiger partial charge in [-0.2, -0.15) is 4.98 Å². The van der Waals surface area contributed by atoms with Gasteiger partial charge in [0.1, 0.15) is 23.2 Å². The Bertz CT molecular complexity index is 653. The zero-order valence-corrected chi connectivity index (χ0v) is 12.6. The summed E-state index contributed by atoms with van der Waals surface area (Å²) < 4.78 is 19.0. The van der Waals surface area contributed by atoms with Crippen LogP contribution in [0.4, 0.5) is 10.2 Å². The summed E-state index contributed by atoms with van der Waals surface area (Å²) in [6, 6.07) is 5.93. The molecule has 1 aromatic heterocycles. The molecule has 0 spiro atoms. The zero-order valence-electron chi connectivity index (χ0n) is 12.6. The second-order valence-corrected chi connectivity index (χ2v) is 5.82. The van der Waals surface area contributed by atoms with Crippen LogP contribution in [0.15, 0.2) is 24.3 Å². The largest absolute Gasteiger partial charge is 0.438 e. The second-order valence-electron chi connectivity index (χ2n) is 5.82. The molecular formula is C15H19FN4O. The van der Waals surface area contributed by atoms with Crippen LogP contribution in [-0.2, 0) is 5.41 Å². The van der Waals surface area contributed by atoms with Crippen molar-refractivity contribution in [1.82, 2.24) is 9.97 Å². The van der Waals surface area contributed by atoms with E-state index in [9.17, 15) is 4.39 Å². The third kappa shape index (κ3) is 3.66. The Morgan fingerprint density at radius 3 is 2.52 bits per heavy atom. The highest BCUT2D eigenvalue weighted by Gasteiger charge is 2.20. The number of rotatable bonds is 3. The van der Waals surface area contributed by atoms with Gasteiger partial charge >= 0.3 is 0 Å². The zero-order chi connectivity index (χ0) is 15.6. The smallest absolute Gasteiger partial charge is 0.224 e. The molecule has 0 aliphatic carbocycles. The van der Waals surface area contributed by atoms with Crippen LogP contribution >= 0.6 is 0 Å². The number of ether oxygens (including phenoxy) is 1. The summed E-state index contributed by atoms with van der Waals surface area (Å²) in [7, 11) is 0. The Hall–Kier alpha value is -2.21. The molecule has 0 radical (unpaired) electrons. The number of hydrogen-bond donors (Lipinski definition) is 2. The van der Waals surface area contributed by atoms with Crippen LogP contribution in [0.1, 0.15) is 32.2 Å². The summed E-state index contributed by atoms with van der Waals surface area (Å²) in [5.41, 5.74) is 3.04. The van der Waals surface area contributed by atoms with Crippen molar-refractivity contribution in [3.8, 4) is 11.6 Å². The van der Waals surface area contributed by atoms with E-state index in [-0.39, 0.29) is 11.2 Å². The maximum absolute atomic E-state index is 13.3. The van der Waals surface area contributed by atoms with E-state index in [1.54, 1.807) is 12.1 Å².